The fraction of sp³-hybridized carbons (Fsp3) is 0.133. The number of nitrogens with zero attached hydrogens (tertiary/aromatic N) is 3. The van der Waals surface area contributed by atoms with Crippen LogP contribution in [-0.4, -0.2) is 71.3 Å². The van der Waals surface area contributed by atoms with Crippen LogP contribution in [-0.2, 0) is 19.2 Å². The molecule has 15 nitrogen and oxygen atoms in total. The fourth-order valence-electron chi connectivity index (χ4n) is 2.20. The maximum absolute atomic E-state index is 11.2. The van der Waals surface area contributed by atoms with Crippen molar-refractivity contribution in [1.82, 2.24) is 15.0 Å². The van der Waals surface area contributed by atoms with Crippen molar-refractivity contribution in [3.05, 3.63) is 24.8 Å². The maximum atomic E-state index is 11.2. The number of hydrogen-bond acceptors (Lipinski definition) is 11. The first-order valence-electron chi connectivity index (χ1n) is 7.87. The van der Waals surface area contributed by atoms with E-state index in [9.17, 15) is 19.2 Å². The zero-order chi connectivity index (χ0) is 22.4. The van der Waals surface area contributed by atoms with E-state index in [0.29, 0.717) is 0 Å². The Morgan fingerprint density at radius 2 is 1.33 bits per heavy atom. The number of hydrogen-bond donors (Lipinski definition) is 8. The van der Waals surface area contributed by atoms with Gasteiger partial charge in [0, 0.05) is 5.69 Å². The standard InChI is InChI=1S/C15H15N7O8/c16-6-1-5(20-9(11(23)24)12(25)26)2-7(21-10(13(27)28)14(29)30)8(6)22-15-18-3-17-4-19-15/h1-4,9-10,20-21H,16H2,(H,23,24)(H,25,26)(H,27,28)(H,29,30)(H,17,18,19,22). The van der Waals surface area contributed by atoms with Crippen molar-refractivity contribution in [3.8, 4) is 0 Å². The molecule has 0 radical (unpaired) electrons. The van der Waals surface area contributed by atoms with Crippen molar-refractivity contribution < 1.29 is 39.6 Å². The molecule has 0 bridgehead atoms. The van der Waals surface area contributed by atoms with Crippen molar-refractivity contribution in [2.45, 2.75) is 12.1 Å². The van der Waals surface area contributed by atoms with E-state index in [4.69, 9.17) is 26.2 Å². The number of carboxylic acid groups (broad SMARTS) is 4. The van der Waals surface area contributed by atoms with E-state index >= 15 is 0 Å². The molecule has 0 unspecified atom stereocenters. The maximum Gasteiger partial charge on any atom is 0.337 e. The number of anilines is 5. The Morgan fingerprint density at radius 1 is 0.833 bits per heavy atom. The van der Waals surface area contributed by atoms with Crippen LogP contribution in [0.5, 0.6) is 0 Å². The molecular formula is C15H15N7O8. The van der Waals surface area contributed by atoms with Crippen LogP contribution in [0.3, 0.4) is 0 Å². The molecule has 1 aromatic heterocycles. The average Bonchev–Trinajstić information content (AvgIpc) is 2.66. The summed E-state index contributed by atoms with van der Waals surface area (Å²) < 4.78 is 0. The lowest BCUT2D eigenvalue weighted by Gasteiger charge is -2.20. The van der Waals surface area contributed by atoms with Gasteiger partial charge >= 0.3 is 23.9 Å². The molecule has 0 amide bonds. The molecule has 1 heterocycles. The number of nitrogen functional groups attached to an aromatic ring is 1. The molecule has 0 aliphatic rings. The number of aliphatic carboxylic acids is 4. The summed E-state index contributed by atoms with van der Waals surface area (Å²) in [5.74, 6) is -6.86. The zero-order valence-corrected chi connectivity index (χ0v) is 14.8. The van der Waals surface area contributed by atoms with Gasteiger partial charge < -0.3 is 42.1 Å². The van der Waals surface area contributed by atoms with Crippen LogP contribution in [0.1, 0.15) is 0 Å². The van der Waals surface area contributed by atoms with Gasteiger partial charge in [0.1, 0.15) is 12.7 Å². The molecule has 2 aromatic rings. The molecule has 1 aromatic carbocycles. The molecule has 0 fully saturated rings. The van der Waals surface area contributed by atoms with E-state index < -0.39 is 36.0 Å². The molecule has 0 atom stereocenters. The summed E-state index contributed by atoms with van der Waals surface area (Å²) in [5.41, 5.74) is 5.41. The summed E-state index contributed by atoms with van der Waals surface area (Å²) in [4.78, 5) is 55.9. The van der Waals surface area contributed by atoms with E-state index in [1.807, 2.05) is 0 Å². The highest BCUT2D eigenvalue weighted by Crippen LogP contribution is 2.35. The lowest BCUT2D eigenvalue weighted by Crippen LogP contribution is -2.38. The number of nitrogens with two attached hydrogens (primary N) is 1. The zero-order valence-electron chi connectivity index (χ0n) is 14.8. The van der Waals surface area contributed by atoms with Gasteiger partial charge in [0.25, 0.3) is 0 Å². The monoisotopic (exact) mass is 421 g/mol. The van der Waals surface area contributed by atoms with Crippen molar-refractivity contribution in [2.75, 3.05) is 21.7 Å². The molecule has 0 saturated heterocycles. The first-order valence-corrected chi connectivity index (χ1v) is 7.87. The quantitative estimate of drug-likeness (QED) is 0.171. The van der Waals surface area contributed by atoms with Crippen LogP contribution in [0.4, 0.5) is 28.7 Å². The number of carboxylic acids is 4. The molecule has 9 N–H and O–H groups in total. The van der Waals surface area contributed by atoms with E-state index in [-0.39, 0.29) is 28.7 Å². The minimum atomic E-state index is -2.10. The molecule has 0 aliphatic carbocycles. The molecule has 15 heteroatoms. The fourth-order valence-corrected chi connectivity index (χ4v) is 2.20. The topological polar surface area (TPSA) is 250 Å². The average molecular weight is 421 g/mol. The van der Waals surface area contributed by atoms with Crippen LogP contribution >= 0.6 is 0 Å². The summed E-state index contributed by atoms with van der Waals surface area (Å²) in [6.45, 7) is 0. The van der Waals surface area contributed by atoms with Gasteiger partial charge in [-0.3, -0.25) is 0 Å². The van der Waals surface area contributed by atoms with E-state index in [0.717, 1.165) is 24.8 Å². The second-order valence-corrected chi connectivity index (χ2v) is 5.58. The van der Waals surface area contributed by atoms with Crippen molar-refractivity contribution in [2.24, 2.45) is 0 Å². The number of nitrogens with one attached hydrogen (secondary N) is 3. The first kappa shape index (κ1) is 21.6. The minimum Gasteiger partial charge on any atom is -0.479 e. The number of carbonyl (C=O) groups is 4. The molecule has 2 rings (SSSR count). The van der Waals surface area contributed by atoms with Gasteiger partial charge in [-0.1, -0.05) is 0 Å². The number of rotatable bonds is 10. The Kier molecular flexibility index (Phi) is 6.48. The summed E-state index contributed by atoms with van der Waals surface area (Å²) >= 11 is 0. The number of benzene rings is 1. The summed E-state index contributed by atoms with van der Waals surface area (Å²) in [7, 11) is 0. The van der Waals surface area contributed by atoms with Crippen molar-refractivity contribution >= 4 is 52.6 Å². The van der Waals surface area contributed by atoms with Crippen LogP contribution in [0.2, 0.25) is 0 Å². The molecule has 0 aliphatic heterocycles. The van der Waals surface area contributed by atoms with Crippen LogP contribution in [0.25, 0.3) is 0 Å². The van der Waals surface area contributed by atoms with Crippen molar-refractivity contribution in [1.29, 1.82) is 0 Å². The van der Waals surface area contributed by atoms with Crippen LogP contribution in [0.15, 0.2) is 24.8 Å². The lowest BCUT2D eigenvalue weighted by atomic mass is 10.1. The highest BCUT2D eigenvalue weighted by atomic mass is 16.4. The Bertz CT molecular complexity index is 956. The minimum absolute atomic E-state index is 0.0170. The normalized spacial score (nSPS) is 10.5. The van der Waals surface area contributed by atoms with Crippen LogP contribution in [0, 0.1) is 0 Å². The predicted molar refractivity (Wildman–Crippen MR) is 99.3 cm³/mol. The third-order valence-electron chi connectivity index (χ3n) is 3.50. The Hall–Kier alpha value is -4.69. The highest BCUT2D eigenvalue weighted by Gasteiger charge is 2.29. The van der Waals surface area contributed by atoms with Gasteiger partial charge in [0.15, 0.2) is 0 Å². The Balaban J connectivity index is 2.52. The number of aromatic nitrogens is 3. The van der Waals surface area contributed by atoms with Crippen molar-refractivity contribution in [3.63, 3.8) is 0 Å². The third kappa shape index (κ3) is 5.18. The van der Waals surface area contributed by atoms with E-state index in [2.05, 4.69) is 30.9 Å². The van der Waals surface area contributed by atoms with Gasteiger partial charge in [0.05, 0.1) is 17.1 Å². The highest BCUT2D eigenvalue weighted by molar-refractivity contribution is 6.03. The van der Waals surface area contributed by atoms with Gasteiger partial charge in [0.2, 0.25) is 18.0 Å². The third-order valence-corrected chi connectivity index (χ3v) is 3.50. The first-order chi connectivity index (χ1) is 14.1. The Morgan fingerprint density at radius 3 is 1.83 bits per heavy atom. The lowest BCUT2D eigenvalue weighted by molar-refractivity contribution is -0.150. The summed E-state index contributed by atoms with van der Waals surface area (Å²) in [6, 6.07) is -1.91. The SMILES string of the molecule is Nc1cc(NC(C(=O)O)C(=O)O)cc(NC(C(=O)O)C(=O)O)c1Nc1ncncn1. The smallest absolute Gasteiger partial charge is 0.337 e. The summed E-state index contributed by atoms with van der Waals surface area (Å²) in [6.07, 6.45) is 2.30. The van der Waals surface area contributed by atoms with Gasteiger partial charge in [-0.2, -0.15) is 0 Å². The van der Waals surface area contributed by atoms with Gasteiger partial charge in [-0.25, -0.2) is 34.1 Å². The largest absolute Gasteiger partial charge is 0.479 e. The van der Waals surface area contributed by atoms with E-state index in [1.165, 1.54) is 0 Å². The predicted octanol–water partition coefficient (Wildman–Crippen LogP) is -0.903. The molecule has 0 saturated carbocycles. The van der Waals surface area contributed by atoms with Gasteiger partial charge in [-0.15, -0.1) is 0 Å². The molecule has 30 heavy (non-hydrogen) atoms. The second-order valence-electron chi connectivity index (χ2n) is 5.58. The Labute approximate surface area is 166 Å². The van der Waals surface area contributed by atoms with Gasteiger partial charge in [-0.05, 0) is 12.1 Å². The molecule has 158 valence electrons. The van der Waals surface area contributed by atoms with E-state index in [1.54, 1.807) is 0 Å². The van der Waals surface area contributed by atoms with Crippen LogP contribution < -0.4 is 21.7 Å². The molecular weight excluding hydrogens is 406 g/mol. The summed E-state index contributed by atoms with van der Waals surface area (Å²) in [5, 5.41) is 43.3. The molecule has 0 spiro atoms. The second kappa shape index (κ2) is 9.00.